The Kier molecular flexibility index (Phi) is 7.17. The summed E-state index contributed by atoms with van der Waals surface area (Å²) in [5.41, 5.74) is 1.87. The second-order valence-electron chi connectivity index (χ2n) is 6.15. The van der Waals surface area contributed by atoms with Crippen LogP contribution in [0.4, 0.5) is 0 Å². The van der Waals surface area contributed by atoms with Crippen LogP contribution in [0.5, 0.6) is 11.5 Å². The van der Waals surface area contributed by atoms with E-state index in [0.717, 1.165) is 5.56 Å². The summed E-state index contributed by atoms with van der Waals surface area (Å²) in [7, 11) is 1.46. The SMILES string of the molecule is COc1cc(/C=C/C(=O)Oc2ccccc2)ccc1C(=O)O/C=C\c1ccccc1. The molecule has 0 atom stereocenters. The highest BCUT2D eigenvalue weighted by atomic mass is 16.5. The molecule has 0 spiro atoms. The highest BCUT2D eigenvalue weighted by Crippen LogP contribution is 2.22. The lowest BCUT2D eigenvalue weighted by Gasteiger charge is -2.08. The molecule has 150 valence electrons. The summed E-state index contributed by atoms with van der Waals surface area (Å²) in [6, 6.07) is 23.2. The highest BCUT2D eigenvalue weighted by Gasteiger charge is 2.13. The van der Waals surface area contributed by atoms with Crippen LogP contribution in [-0.2, 0) is 9.53 Å². The van der Waals surface area contributed by atoms with Gasteiger partial charge < -0.3 is 14.2 Å². The molecule has 3 aromatic rings. The van der Waals surface area contributed by atoms with Crippen LogP contribution in [0.3, 0.4) is 0 Å². The molecule has 3 rings (SSSR count). The van der Waals surface area contributed by atoms with Gasteiger partial charge in [0.2, 0.25) is 0 Å². The summed E-state index contributed by atoms with van der Waals surface area (Å²) in [5.74, 6) is -0.245. The van der Waals surface area contributed by atoms with Gasteiger partial charge in [0.15, 0.2) is 0 Å². The number of hydrogen-bond donors (Lipinski definition) is 0. The lowest BCUT2D eigenvalue weighted by atomic mass is 10.1. The molecule has 0 heterocycles. The van der Waals surface area contributed by atoms with Crippen LogP contribution in [0.2, 0.25) is 0 Å². The Balaban J connectivity index is 1.64. The first kappa shape index (κ1) is 20.6. The van der Waals surface area contributed by atoms with E-state index in [0.29, 0.717) is 17.1 Å². The number of carbonyl (C=O) groups excluding carboxylic acids is 2. The van der Waals surface area contributed by atoms with Gasteiger partial charge in [0.05, 0.1) is 13.4 Å². The number of carbonyl (C=O) groups is 2. The van der Waals surface area contributed by atoms with Gasteiger partial charge in [-0.3, -0.25) is 0 Å². The predicted molar refractivity (Wildman–Crippen MR) is 115 cm³/mol. The maximum Gasteiger partial charge on any atom is 0.346 e. The summed E-state index contributed by atoms with van der Waals surface area (Å²) in [5, 5.41) is 0. The van der Waals surface area contributed by atoms with Crippen molar-refractivity contribution in [2.45, 2.75) is 0 Å². The van der Waals surface area contributed by atoms with Crippen molar-refractivity contribution in [2.24, 2.45) is 0 Å². The van der Waals surface area contributed by atoms with Crippen LogP contribution in [0.25, 0.3) is 12.2 Å². The minimum absolute atomic E-state index is 0.277. The summed E-state index contributed by atoms with van der Waals surface area (Å²) >= 11 is 0. The second-order valence-corrected chi connectivity index (χ2v) is 6.15. The maximum atomic E-state index is 12.3. The predicted octanol–water partition coefficient (Wildman–Crippen LogP) is 5.14. The van der Waals surface area contributed by atoms with E-state index >= 15 is 0 Å². The van der Waals surface area contributed by atoms with Gasteiger partial charge in [-0.2, -0.15) is 0 Å². The van der Waals surface area contributed by atoms with E-state index in [-0.39, 0.29) is 5.56 Å². The summed E-state index contributed by atoms with van der Waals surface area (Å²) in [4.78, 5) is 24.3. The Morgan fingerprint density at radius 3 is 2.20 bits per heavy atom. The van der Waals surface area contributed by atoms with E-state index < -0.39 is 11.9 Å². The fourth-order valence-electron chi connectivity index (χ4n) is 2.59. The van der Waals surface area contributed by atoms with Gasteiger partial charge in [-0.05, 0) is 47.5 Å². The van der Waals surface area contributed by atoms with Gasteiger partial charge in [0.25, 0.3) is 0 Å². The summed E-state index contributed by atoms with van der Waals surface area (Å²) in [6.07, 6.45) is 5.92. The van der Waals surface area contributed by atoms with Crippen molar-refractivity contribution in [3.8, 4) is 11.5 Å². The molecule has 5 heteroatoms. The number of para-hydroxylation sites is 1. The molecule has 0 aliphatic carbocycles. The second kappa shape index (κ2) is 10.4. The molecular weight excluding hydrogens is 380 g/mol. The van der Waals surface area contributed by atoms with Gasteiger partial charge in [-0.1, -0.05) is 54.6 Å². The minimum atomic E-state index is -0.543. The van der Waals surface area contributed by atoms with E-state index in [4.69, 9.17) is 14.2 Å². The van der Waals surface area contributed by atoms with Crippen molar-refractivity contribution in [1.29, 1.82) is 0 Å². The highest BCUT2D eigenvalue weighted by molar-refractivity contribution is 5.94. The third-order valence-electron chi connectivity index (χ3n) is 4.05. The van der Waals surface area contributed by atoms with Crippen molar-refractivity contribution < 1.29 is 23.8 Å². The molecule has 0 N–H and O–H groups in total. The average Bonchev–Trinajstić information content (AvgIpc) is 2.79. The van der Waals surface area contributed by atoms with Crippen LogP contribution >= 0.6 is 0 Å². The first-order valence-corrected chi connectivity index (χ1v) is 9.21. The number of benzene rings is 3. The first-order valence-electron chi connectivity index (χ1n) is 9.21. The van der Waals surface area contributed by atoms with Crippen LogP contribution in [-0.4, -0.2) is 19.0 Å². The van der Waals surface area contributed by atoms with E-state index in [2.05, 4.69) is 0 Å². The van der Waals surface area contributed by atoms with E-state index in [1.54, 1.807) is 54.6 Å². The molecule has 30 heavy (non-hydrogen) atoms. The van der Waals surface area contributed by atoms with Crippen LogP contribution in [0.15, 0.2) is 91.2 Å². The van der Waals surface area contributed by atoms with Crippen molar-refractivity contribution in [2.75, 3.05) is 7.11 Å². The van der Waals surface area contributed by atoms with Crippen LogP contribution in [0, 0.1) is 0 Å². The molecule has 0 aromatic heterocycles. The normalized spacial score (nSPS) is 10.8. The fourth-order valence-corrected chi connectivity index (χ4v) is 2.59. The molecule has 0 aliphatic heterocycles. The van der Waals surface area contributed by atoms with Gasteiger partial charge in [0.1, 0.15) is 17.1 Å². The number of methoxy groups -OCH3 is 1. The molecule has 5 nitrogen and oxygen atoms in total. The Hall–Kier alpha value is -4.12. The zero-order chi connectivity index (χ0) is 21.2. The third kappa shape index (κ3) is 5.94. The van der Waals surface area contributed by atoms with E-state index in [9.17, 15) is 9.59 Å². The molecule has 0 unspecified atom stereocenters. The van der Waals surface area contributed by atoms with Crippen molar-refractivity contribution >= 4 is 24.1 Å². The van der Waals surface area contributed by atoms with Crippen molar-refractivity contribution in [1.82, 2.24) is 0 Å². The summed E-state index contributed by atoms with van der Waals surface area (Å²) < 4.78 is 15.7. The first-order chi connectivity index (χ1) is 14.7. The average molecular weight is 400 g/mol. The Morgan fingerprint density at radius 1 is 0.800 bits per heavy atom. The van der Waals surface area contributed by atoms with Crippen LogP contribution < -0.4 is 9.47 Å². The van der Waals surface area contributed by atoms with E-state index in [1.807, 2.05) is 36.4 Å². The largest absolute Gasteiger partial charge is 0.496 e. The van der Waals surface area contributed by atoms with Crippen LogP contribution in [0.1, 0.15) is 21.5 Å². The Morgan fingerprint density at radius 2 is 1.50 bits per heavy atom. The van der Waals surface area contributed by atoms with Gasteiger partial charge in [0, 0.05) is 6.08 Å². The van der Waals surface area contributed by atoms with Gasteiger partial charge in [-0.15, -0.1) is 0 Å². The molecule has 0 aliphatic rings. The smallest absolute Gasteiger partial charge is 0.346 e. The molecule has 0 amide bonds. The molecular formula is C25H20O5. The summed E-state index contributed by atoms with van der Waals surface area (Å²) in [6.45, 7) is 0. The minimum Gasteiger partial charge on any atom is -0.496 e. The fraction of sp³-hybridized carbons (Fsp3) is 0.0400. The Bertz CT molecular complexity index is 1050. The quantitative estimate of drug-likeness (QED) is 0.238. The zero-order valence-electron chi connectivity index (χ0n) is 16.4. The monoisotopic (exact) mass is 400 g/mol. The lowest BCUT2D eigenvalue weighted by Crippen LogP contribution is -2.04. The lowest BCUT2D eigenvalue weighted by molar-refractivity contribution is -0.128. The molecule has 0 radical (unpaired) electrons. The zero-order valence-corrected chi connectivity index (χ0v) is 16.4. The number of esters is 2. The van der Waals surface area contributed by atoms with E-state index in [1.165, 1.54) is 19.4 Å². The van der Waals surface area contributed by atoms with Gasteiger partial charge >= 0.3 is 11.9 Å². The standard InChI is InChI=1S/C25H20O5/c1-28-23-18-20(13-15-24(26)30-21-10-6-3-7-11-21)12-14-22(23)25(27)29-17-16-19-8-4-2-5-9-19/h2-18H,1H3/b15-13+,17-16-. The third-order valence-corrected chi connectivity index (χ3v) is 4.05. The molecule has 0 bridgehead atoms. The topological polar surface area (TPSA) is 61.8 Å². The van der Waals surface area contributed by atoms with Crippen molar-refractivity contribution in [3.63, 3.8) is 0 Å². The molecule has 0 saturated heterocycles. The van der Waals surface area contributed by atoms with Gasteiger partial charge in [-0.25, -0.2) is 9.59 Å². The number of rotatable bonds is 7. The number of hydrogen-bond acceptors (Lipinski definition) is 5. The van der Waals surface area contributed by atoms with Crippen molar-refractivity contribution in [3.05, 3.63) is 108 Å². The number of ether oxygens (including phenoxy) is 3. The maximum absolute atomic E-state index is 12.3. The molecule has 3 aromatic carbocycles. The molecule has 0 saturated carbocycles. The molecule has 0 fully saturated rings. The Labute approximate surface area is 174 Å².